The number of furan rings is 4. The largest absolute Gasteiger partial charge is 0.456 e. The van der Waals surface area contributed by atoms with Gasteiger partial charge in [0.2, 0.25) is 0 Å². The van der Waals surface area contributed by atoms with Gasteiger partial charge in [-0.25, -0.2) is 29.9 Å². The molecule has 0 spiro atoms. The number of benzene rings is 18. The van der Waals surface area contributed by atoms with Crippen LogP contribution in [0.4, 0.5) is 0 Å². The molecule has 28 rings (SSSR count). The second kappa shape index (κ2) is 28.0. The summed E-state index contributed by atoms with van der Waals surface area (Å²) in [5.41, 5.74) is 24.9. The van der Waals surface area contributed by atoms with E-state index in [0.29, 0.717) is 34.9 Å². The van der Waals surface area contributed by atoms with Crippen LogP contribution in [0.3, 0.4) is 0 Å². The third kappa shape index (κ3) is 10.9. The Balaban J connectivity index is 0.000000132. The van der Waals surface area contributed by atoms with Crippen molar-refractivity contribution >= 4 is 175 Å². The zero-order valence-corrected chi connectivity index (χ0v) is 68.2. The lowest BCUT2D eigenvalue weighted by Gasteiger charge is -2.11. The molecule has 0 aliphatic rings. The number of nitrogens with zero attached hydrogens (tertiary/aromatic N) is 10. The van der Waals surface area contributed by atoms with Gasteiger partial charge in [0.1, 0.15) is 27.9 Å². The third-order valence-corrected chi connectivity index (χ3v) is 25.5. The van der Waals surface area contributed by atoms with Crippen LogP contribution in [0.15, 0.2) is 418 Å². The van der Waals surface area contributed by atoms with Crippen molar-refractivity contribution in [2.24, 2.45) is 0 Å². The molecular weight excluding hydrogens is 1570 g/mol. The molecule has 128 heavy (non-hydrogen) atoms. The van der Waals surface area contributed by atoms with Gasteiger partial charge in [0.15, 0.2) is 51.7 Å². The molecule has 596 valence electrons. The Morgan fingerprint density at radius 2 is 0.492 bits per heavy atom. The van der Waals surface area contributed by atoms with E-state index in [1.165, 1.54) is 16.2 Å². The monoisotopic (exact) mass is 1640 g/mol. The minimum atomic E-state index is 0.549. The predicted octanol–water partition coefficient (Wildman–Crippen LogP) is 29.7. The highest BCUT2D eigenvalue weighted by Crippen LogP contribution is 2.48. The van der Waals surface area contributed by atoms with Gasteiger partial charge in [0.25, 0.3) is 0 Å². The first kappa shape index (κ1) is 71.0. The lowest BCUT2D eigenvalue weighted by molar-refractivity contribution is 0.667. The second-order valence-electron chi connectivity index (χ2n) is 32.7. The van der Waals surface area contributed by atoms with Gasteiger partial charge in [-0.2, -0.15) is 0 Å². The van der Waals surface area contributed by atoms with E-state index in [1.807, 2.05) is 152 Å². The molecule has 0 N–H and O–H groups in total. The number of rotatable bonds is 10. The van der Waals surface area contributed by atoms with Crippen molar-refractivity contribution in [3.63, 3.8) is 0 Å². The van der Waals surface area contributed by atoms with Crippen LogP contribution in [0.5, 0.6) is 0 Å². The van der Waals surface area contributed by atoms with Gasteiger partial charge in [-0.3, -0.25) is 0 Å². The summed E-state index contributed by atoms with van der Waals surface area (Å²) in [6.45, 7) is 0. The SMILES string of the molecule is c1ccc(-c2nc(-c3ccccc3)nc(-c3ccc4oc5ccc(-n6c7ccccc7c7cc(-n8c9ccccc9c9ccc%10c%11ccccc%11oc%10c98)ccc76)cc5c4c3)n2)cc1.c1ccc(-c2nc(-c3ccccc3)nc(-c3cccc4c3oc3c(-n5c6ccccc6c6cc(-n7c8ccccc8c8ccc9c%10ccccc%10oc9c87)ccc65)cccc34)n2)cc1. The zero-order valence-electron chi connectivity index (χ0n) is 68.2. The fraction of sp³-hybridized carbons (Fsp3) is 0. The standard InChI is InChI=1S/2C57H33N5O2/c1-3-13-34(14-4-1)55-58-56(35-15-5-2-6-16-35)60-57(59-55)36-23-29-51-45(31-36)46-33-37(25-30-52(46)63-51)61-47-20-10-8-18-40(47)44-32-38(24-28-49(44)61)62-48-21-11-7-17-39(48)42-26-27-43-41-19-9-12-22-50(41)64-54(43)53(42)62;1-3-15-34(16-4-1)55-58-56(35-17-5-2-6-18-35)60-57(59-55)44-24-13-22-41-42-23-14-27-49(53(42)64-52(41)44)62-47-26-11-8-20-38(47)45-33-36(29-32-48(45)62)61-46-25-10-7-19-37(46)40-30-31-43-39-21-9-12-28-50(39)63-54(43)51(40)61/h2*1-33H. The zero-order chi connectivity index (χ0) is 83.8. The van der Waals surface area contributed by atoms with Crippen molar-refractivity contribution in [2.45, 2.75) is 0 Å². The molecule has 0 amide bonds. The normalized spacial score (nSPS) is 12.1. The number of hydrogen-bond acceptors (Lipinski definition) is 10. The van der Waals surface area contributed by atoms with Crippen LogP contribution in [-0.4, -0.2) is 48.2 Å². The maximum atomic E-state index is 7.09. The average Bonchev–Trinajstić information content (AvgIpc) is 1.56. The van der Waals surface area contributed by atoms with Gasteiger partial charge in [-0.15, -0.1) is 0 Å². The molecule has 0 fully saturated rings. The van der Waals surface area contributed by atoms with Crippen LogP contribution >= 0.6 is 0 Å². The maximum Gasteiger partial charge on any atom is 0.167 e. The topological polar surface area (TPSA) is 150 Å². The molecular formula is C114H66N10O4. The summed E-state index contributed by atoms with van der Waals surface area (Å²) in [4.78, 5) is 30.0. The van der Waals surface area contributed by atoms with Crippen LogP contribution < -0.4 is 0 Å². The van der Waals surface area contributed by atoms with Gasteiger partial charge in [0, 0.05) is 131 Å². The van der Waals surface area contributed by atoms with Crippen LogP contribution in [0.1, 0.15) is 0 Å². The predicted molar refractivity (Wildman–Crippen MR) is 519 cm³/mol. The first-order chi connectivity index (χ1) is 63.5. The molecule has 0 bridgehead atoms. The molecule has 10 aromatic heterocycles. The number of hydrogen-bond donors (Lipinski definition) is 0. The lowest BCUT2D eigenvalue weighted by Crippen LogP contribution is -2.00. The Bertz CT molecular complexity index is 9370. The first-order valence-electron chi connectivity index (χ1n) is 42.9. The third-order valence-electron chi connectivity index (χ3n) is 25.5. The van der Waals surface area contributed by atoms with E-state index in [4.69, 9.17) is 47.6 Å². The maximum absolute atomic E-state index is 7.09. The number of aromatic nitrogens is 10. The van der Waals surface area contributed by atoms with Gasteiger partial charge in [0.05, 0.1) is 55.4 Å². The smallest absolute Gasteiger partial charge is 0.167 e. The second-order valence-corrected chi connectivity index (χ2v) is 32.7. The van der Waals surface area contributed by atoms with Gasteiger partial charge < -0.3 is 35.9 Å². The molecule has 0 saturated carbocycles. The lowest BCUT2D eigenvalue weighted by atomic mass is 10.1. The van der Waals surface area contributed by atoms with Gasteiger partial charge in [-0.05, 0) is 133 Å². The minimum absolute atomic E-state index is 0.549. The fourth-order valence-electron chi connectivity index (χ4n) is 19.8. The Morgan fingerprint density at radius 1 is 0.164 bits per heavy atom. The van der Waals surface area contributed by atoms with E-state index in [0.717, 1.165) is 215 Å². The molecule has 0 unspecified atom stereocenters. The summed E-state index contributed by atoms with van der Waals surface area (Å²) in [6.07, 6.45) is 0. The molecule has 0 aliphatic heterocycles. The van der Waals surface area contributed by atoms with E-state index in [2.05, 4.69) is 267 Å². The van der Waals surface area contributed by atoms with Crippen LogP contribution in [0.2, 0.25) is 0 Å². The summed E-state index contributed by atoms with van der Waals surface area (Å²) < 4.78 is 36.4. The van der Waals surface area contributed by atoms with Crippen LogP contribution in [0, 0.1) is 0 Å². The van der Waals surface area contributed by atoms with Crippen molar-refractivity contribution in [1.29, 1.82) is 0 Å². The molecule has 14 heteroatoms. The summed E-state index contributed by atoms with van der Waals surface area (Å²) in [5, 5.41) is 17.8. The highest BCUT2D eigenvalue weighted by atomic mass is 16.3. The van der Waals surface area contributed by atoms with Crippen molar-refractivity contribution in [2.75, 3.05) is 0 Å². The van der Waals surface area contributed by atoms with Gasteiger partial charge >= 0.3 is 0 Å². The van der Waals surface area contributed by atoms with E-state index < -0.39 is 0 Å². The summed E-state index contributed by atoms with van der Waals surface area (Å²) in [7, 11) is 0. The molecule has 10 heterocycles. The Morgan fingerprint density at radius 3 is 0.992 bits per heavy atom. The fourth-order valence-corrected chi connectivity index (χ4v) is 19.8. The Labute approximate surface area is 727 Å². The first-order valence-corrected chi connectivity index (χ1v) is 42.9. The molecule has 18 aromatic carbocycles. The minimum Gasteiger partial charge on any atom is -0.456 e. The Hall–Kier alpha value is -17.6. The summed E-state index contributed by atoms with van der Waals surface area (Å²) in [5.74, 6) is 3.60. The number of para-hydroxylation sites is 8. The molecule has 0 radical (unpaired) electrons. The highest BCUT2D eigenvalue weighted by molar-refractivity contribution is 6.24. The molecule has 0 aliphatic carbocycles. The Kier molecular flexibility index (Phi) is 15.5. The van der Waals surface area contributed by atoms with Crippen molar-refractivity contribution in [3.8, 4) is 91.1 Å². The van der Waals surface area contributed by atoms with Crippen LogP contribution in [-0.2, 0) is 0 Å². The molecule has 0 saturated heterocycles. The summed E-state index contributed by atoms with van der Waals surface area (Å²) >= 11 is 0. The molecule has 28 aromatic rings. The average molecular weight is 1640 g/mol. The van der Waals surface area contributed by atoms with E-state index in [-0.39, 0.29) is 0 Å². The van der Waals surface area contributed by atoms with E-state index in [1.54, 1.807) is 0 Å². The number of fused-ring (bicyclic) bond motifs is 26. The van der Waals surface area contributed by atoms with Crippen molar-refractivity contribution in [1.82, 2.24) is 48.2 Å². The van der Waals surface area contributed by atoms with Crippen LogP contribution in [0.25, 0.3) is 266 Å². The summed E-state index contributed by atoms with van der Waals surface area (Å²) in [6, 6.07) is 139. The van der Waals surface area contributed by atoms with E-state index >= 15 is 0 Å². The van der Waals surface area contributed by atoms with Gasteiger partial charge in [-0.1, -0.05) is 267 Å². The quantitative estimate of drug-likeness (QED) is 0.129. The highest BCUT2D eigenvalue weighted by Gasteiger charge is 2.28. The molecule has 14 nitrogen and oxygen atoms in total. The van der Waals surface area contributed by atoms with Crippen molar-refractivity contribution < 1.29 is 17.7 Å². The van der Waals surface area contributed by atoms with E-state index in [9.17, 15) is 0 Å². The molecule has 0 atom stereocenters. The van der Waals surface area contributed by atoms with Crippen molar-refractivity contribution in [3.05, 3.63) is 400 Å².